The maximum atomic E-state index is 11.7. The second-order valence-corrected chi connectivity index (χ2v) is 3.94. The van der Waals surface area contributed by atoms with Crippen molar-refractivity contribution < 1.29 is 19.8 Å². The fraction of sp³-hybridized carbons (Fsp3) is 0.300. The molecule has 0 aliphatic rings. The van der Waals surface area contributed by atoms with E-state index in [2.05, 4.69) is 22.9 Å². The summed E-state index contributed by atoms with van der Waals surface area (Å²) in [6.45, 7) is 0. The van der Waals surface area contributed by atoms with Crippen LogP contribution in [-0.4, -0.2) is 38.9 Å². The highest BCUT2D eigenvalue weighted by atomic mass is 32.1. The van der Waals surface area contributed by atoms with Crippen molar-refractivity contribution in [3.05, 3.63) is 28.0 Å². The van der Waals surface area contributed by atoms with Crippen LogP contribution in [0.2, 0.25) is 0 Å². The van der Waals surface area contributed by atoms with Crippen LogP contribution in [0.5, 0.6) is 5.88 Å². The molecular weight excluding hydrogens is 260 g/mol. The minimum absolute atomic E-state index is 0.110. The number of aromatic amines is 1. The molecule has 0 radical (unpaired) electrons. The maximum Gasteiger partial charge on any atom is 0.326 e. The van der Waals surface area contributed by atoms with Gasteiger partial charge in [0.05, 0.1) is 5.56 Å². The number of hydrogen-bond acceptors (Lipinski definition) is 5. The standard InChI is InChI=1S/C10H12N2O5S/c13-7-3-5(4-8(14)12-7)9(15)11-6(1-2-18)10(16)17/h3-4,6,18H,1-2H2,(H,11,15)(H,16,17)(H2,12,13,14). The number of amides is 1. The number of rotatable bonds is 5. The smallest absolute Gasteiger partial charge is 0.326 e. The van der Waals surface area contributed by atoms with Gasteiger partial charge in [0.2, 0.25) is 0 Å². The summed E-state index contributed by atoms with van der Waals surface area (Å²) in [5, 5.41) is 20.2. The van der Waals surface area contributed by atoms with Gasteiger partial charge in [0, 0.05) is 12.1 Å². The first-order valence-electron chi connectivity index (χ1n) is 5.02. The Morgan fingerprint density at radius 2 is 2.11 bits per heavy atom. The molecule has 8 heteroatoms. The first-order valence-corrected chi connectivity index (χ1v) is 5.65. The van der Waals surface area contributed by atoms with Gasteiger partial charge >= 0.3 is 5.97 Å². The SMILES string of the molecule is O=C(NC(CCS)C(=O)O)c1cc(O)[nH]c(=O)c1. The third kappa shape index (κ3) is 3.81. The van der Waals surface area contributed by atoms with Gasteiger partial charge in [0.15, 0.2) is 5.88 Å². The van der Waals surface area contributed by atoms with E-state index in [9.17, 15) is 14.4 Å². The van der Waals surface area contributed by atoms with Gasteiger partial charge < -0.3 is 15.5 Å². The molecule has 1 unspecified atom stereocenters. The zero-order valence-electron chi connectivity index (χ0n) is 9.21. The molecule has 7 nitrogen and oxygen atoms in total. The number of carbonyl (C=O) groups is 2. The Morgan fingerprint density at radius 1 is 1.44 bits per heavy atom. The van der Waals surface area contributed by atoms with E-state index in [1.54, 1.807) is 0 Å². The zero-order valence-corrected chi connectivity index (χ0v) is 10.1. The quantitative estimate of drug-likeness (QED) is 0.466. The predicted octanol–water partition coefficient (Wildman–Crippen LogP) is -0.417. The van der Waals surface area contributed by atoms with Crippen molar-refractivity contribution in [1.82, 2.24) is 10.3 Å². The van der Waals surface area contributed by atoms with Crippen LogP contribution in [0.25, 0.3) is 0 Å². The average molecular weight is 272 g/mol. The lowest BCUT2D eigenvalue weighted by Gasteiger charge is -2.13. The first-order chi connectivity index (χ1) is 8.43. The van der Waals surface area contributed by atoms with Gasteiger partial charge in [0.1, 0.15) is 6.04 Å². The number of carboxylic acid groups (broad SMARTS) is 1. The molecule has 0 aliphatic carbocycles. The normalized spacial score (nSPS) is 11.8. The van der Waals surface area contributed by atoms with Crippen LogP contribution in [0.4, 0.5) is 0 Å². The van der Waals surface area contributed by atoms with Gasteiger partial charge in [0.25, 0.3) is 11.5 Å². The molecule has 1 heterocycles. The van der Waals surface area contributed by atoms with Gasteiger partial charge in [-0.25, -0.2) is 4.79 Å². The highest BCUT2D eigenvalue weighted by molar-refractivity contribution is 7.80. The van der Waals surface area contributed by atoms with E-state index in [0.29, 0.717) is 0 Å². The summed E-state index contributed by atoms with van der Waals surface area (Å²) in [4.78, 5) is 35.6. The number of aromatic nitrogens is 1. The Morgan fingerprint density at radius 3 is 2.61 bits per heavy atom. The fourth-order valence-corrected chi connectivity index (χ4v) is 1.55. The van der Waals surface area contributed by atoms with Gasteiger partial charge in [-0.3, -0.25) is 14.6 Å². The van der Waals surface area contributed by atoms with Gasteiger partial charge in [-0.05, 0) is 12.2 Å². The van der Waals surface area contributed by atoms with Crippen LogP contribution in [-0.2, 0) is 4.79 Å². The number of aromatic hydroxyl groups is 1. The van der Waals surface area contributed by atoms with E-state index in [0.717, 1.165) is 12.1 Å². The Hall–Kier alpha value is -1.96. The Balaban J connectivity index is 2.86. The molecule has 1 atom stereocenters. The van der Waals surface area contributed by atoms with E-state index < -0.39 is 29.4 Å². The molecule has 1 amide bonds. The van der Waals surface area contributed by atoms with Crippen molar-refractivity contribution in [2.45, 2.75) is 12.5 Å². The molecule has 0 spiro atoms. The molecule has 98 valence electrons. The van der Waals surface area contributed by atoms with Crippen molar-refractivity contribution in [2.24, 2.45) is 0 Å². The third-order valence-corrected chi connectivity index (χ3v) is 2.37. The number of aliphatic carboxylic acids is 1. The molecule has 1 aromatic heterocycles. The van der Waals surface area contributed by atoms with Crippen LogP contribution < -0.4 is 10.9 Å². The average Bonchev–Trinajstić information content (AvgIpc) is 2.26. The molecule has 0 aromatic carbocycles. The lowest BCUT2D eigenvalue weighted by atomic mass is 10.2. The van der Waals surface area contributed by atoms with Gasteiger partial charge in [-0.1, -0.05) is 0 Å². The number of hydrogen-bond donors (Lipinski definition) is 5. The molecule has 1 aromatic rings. The number of nitrogens with one attached hydrogen (secondary N) is 2. The molecule has 0 aliphatic heterocycles. The van der Waals surface area contributed by atoms with E-state index in [4.69, 9.17) is 10.2 Å². The maximum absolute atomic E-state index is 11.7. The Bertz CT molecular complexity index is 513. The third-order valence-electron chi connectivity index (χ3n) is 2.11. The van der Waals surface area contributed by atoms with Crippen LogP contribution >= 0.6 is 12.6 Å². The summed E-state index contributed by atoms with van der Waals surface area (Å²) >= 11 is 3.89. The van der Waals surface area contributed by atoms with Crippen molar-refractivity contribution >= 4 is 24.5 Å². The minimum Gasteiger partial charge on any atom is -0.494 e. The zero-order chi connectivity index (χ0) is 13.7. The van der Waals surface area contributed by atoms with Crippen molar-refractivity contribution in [3.63, 3.8) is 0 Å². The molecule has 0 fully saturated rings. The Kier molecular flexibility index (Phi) is 4.78. The van der Waals surface area contributed by atoms with Gasteiger partial charge in [-0.15, -0.1) is 0 Å². The molecule has 0 saturated carbocycles. The topological polar surface area (TPSA) is 119 Å². The number of pyridine rings is 1. The number of thiol groups is 1. The van der Waals surface area contributed by atoms with Crippen LogP contribution in [0.3, 0.4) is 0 Å². The van der Waals surface area contributed by atoms with E-state index in [1.165, 1.54) is 0 Å². The van der Waals surface area contributed by atoms with E-state index in [1.807, 2.05) is 0 Å². The lowest BCUT2D eigenvalue weighted by Crippen LogP contribution is -2.41. The minimum atomic E-state index is -1.19. The number of H-pyrrole nitrogens is 1. The molecule has 0 bridgehead atoms. The second kappa shape index (κ2) is 6.10. The fourth-order valence-electron chi connectivity index (χ4n) is 1.29. The summed E-state index contributed by atoms with van der Waals surface area (Å²) in [7, 11) is 0. The number of carboxylic acids is 1. The monoisotopic (exact) mass is 272 g/mol. The van der Waals surface area contributed by atoms with Crippen molar-refractivity contribution in [2.75, 3.05) is 5.75 Å². The summed E-state index contributed by atoms with van der Waals surface area (Å²) < 4.78 is 0. The highest BCUT2D eigenvalue weighted by Gasteiger charge is 2.20. The van der Waals surface area contributed by atoms with Crippen molar-refractivity contribution in [3.8, 4) is 5.88 Å². The molecule has 0 saturated heterocycles. The second-order valence-electron chi connectivity index (χ2n) is 3.50. The molecule has 4 N–H and O–H groups in total. The summed E-state index contributed by atoms with van der Waals surface area (Å²) in [5.41, 5.74) is -0.761. The van der Waals surface area contributed by atoms with E-state index in [-0.39, 0.29) is 17.7 Å². The van der Waals surface area contributed by atoms with Crippen LogP contribution in [0.1, 0.15) is 16.8 Å². The van der Waals surface area contributed by atoms with E-state index >= 15 is 0 Å². The largest absolute Gasteiger partial charge is 0.494 e. The van der Waals surface area contributed by atoms with Crippen molar-refractivity contribution in [1.29, 1.82) is 0 Å². The molecular formula is C10H12N2O5S. The summed E-state index contributed by atoms with van der Waals surface area (Å²) in [6.07, 6.45) is 0.152. The molecule has 1 rings (SSSR count). The molecule has 18 heavy (non-hydrogen) atoms. The van der Waals surface area contributed by atoms with Crippen LogP contribution in [0, 0.1) is 0 Å². The summed E-state index contributed by atoms with van der Waals surface area (Å²) in [6, 6.07) is 0.918. The predicted molar refractivity (Wildman–Crippen MR) is 66.1 cm³/mol. The van der Waals surface area contributed by atoms with Crippen LogP contribution in [0.15, 0.2) is 16.9 Å². The summed E-state index contributed by atoms with van der Waals surface area (Å²) in [5.74, 6) is -2.11. The van der Waals surface area contributed by atoms with Gasteiger partial charge in [-0.2, -0.15) is 12.6 Å². The Labute approximate surface area is 107 Å². The first kappa shape index (κ1) is 14.1. The lowest BCUT2D eigenvalue weighted by molar-refractivity contribution is -0.139. The number of carbonyl (C=O) groups excluding carboxylic acids is 1. The highest BCUT2D eigenvalue weighted by Crippen LogP contribution is 2.05.